The zero-order valence-electron chi connectivity index (χ0n) is 8.41. The topological polar surface area (TPSA) is 46.2 Å². The van der Waals surface area contributed by atoms with Crippen LogP contribution in [0.2, 0.25) is 0 Å². The molecule has 1 N–H and O–H groups in total. The number of halogens is 2. The Bertz CT molecular complexity index is 500. The minimum Gasteiger partial charge on any atom is -0.211 e. The summed E-state index contributed by atoms with van der Waals surface area (Å²) < 4.78 is 39.2. The van der Waals surface area contributed by atoms with E-state index in [9.17, 15) is 12.8 Å². The molecule has 6 heteroatoms. The van der Waals surface area contributed by atoms with Crippen LogP contribution >= 0.6 is 15.9 Å². The fourth-order valence-electron chi connectivity index (χ4n) is 1.28. The van der Waals surface area contributed by atoms with Gasteiger partial charge in [0.1, 0.15) is 5.82 Å². The number of benzene rings is 1. The second-order valence-corrected chi connectivity index (χ2v) is 6.49. The van der Waals surface area contributed by atoms with Crippen molar-refractivity contribution in [2.24, 2.45) is 5.92 Å². The Kier molecular flexibility index (Phi) is 3.32. The van der Waals surface area contributed by atoms with Crippen LogP contribution in [0, 0.1) is 11.7 Å². The van der Waals surface area contributed by atoms with E-state index in [1.807, 2.05) is 0 Å². The van der Waals surface area contributed by atoms with Gasteiger partial charge in [-0.1, -0.05) is 0 Å². The van der Waals surface area contributed by atoms with Crippen molar-refractivity contribution < 1.29 is 12.8 Å². The van der Waals surface area contributed by atoms with Crippen molar-refractivity contribution in [2.75, 3.05) is 6.54 Å². The number of rotatable bonds is 4. The Morgan fingerprint density at radius 2 is 2.12 bits per heavy atom. The smallest absolute Gasteiger partial charge is 0.211 e. The first-order valence-corrected chi connectivity index (χ1v) is 7.21. The highest BCUT2D eigenvalue weighted by molar-refractivity contribution is 9.10. The van der Waals surface area contributed by atoms with Gasteiger partial charge in [0.2, 0.25) is 10.0 Å². The van der Waals surface area contributed by atoms with Crippen LogP contribution in [0.15, 0.2) is 27.6 Å². The molecule has 0 spiro atoms. The highest BCUT2D eigenvalue weighted by Crippen LogP contribution is 2.28. The number of hydrogen-bond acceptors (Lipinski definition) is 2. The van der Waals surface area contributed by atoms with Crippen LogP contribution < -0.4 is 4.72 Å². The number of hydrogen-bond donors (Lipinski definition) is 1. The van der Waals surface area contributed by atoms with Gasteiger partial charge < -0.3 is 0 Å². The van der Waals surface area contributed by atoms with Gasteiger partial charge in [0.15, 0.2) is 0 Å². The average Bonchev–Trinajstić information content (AvgIpc) is 3.03. The highest BCUT2D eigenvalue weighted by atomic mass is 79.9. The van der Waals surface area contributed by atoms with Crippen molar-refractivity contribution in [1.29, 1.82) is 0 Å². The van der Waals surface area contributed by atoms with E-state index < -0.39 is 15.8 Å². The molecular weight excluding hydrogens is 297 g/mol. The molecular formula is C10H11BrFNO2S. The van der Waals surface area contributed by atoms with E-state index in [1.54, 1.807) is 0 Å². The standard InChI is InChI=1S/C10H11BrFNO2S/c11-9-5-8(3-4-10(9)12)16(14,15)13-6-7-1-2-7/h3-5,7,13H,1-2,6H2. The van der Waals surface area contributed by atoms with Crippen LogP contribution in [0.3, 0.4) is 0 Å². The summed E-state index contributed by atoms with van der Waals surface area (Å²) >= 11 is 2.96. The maximum Gasteiger partial charge on any atom is 0.240 e. The predicted molar refractivity (Wildman–Crippen MR) is 62.0 cm³/mol. The summed E-state index contributed by atoms with van der Waals surface area (Å²) in [6.07, 6.45) is 2.16. The molecule has 1 aromatic carbocycles. The van der Waals surface area contributed by atoms with Gasteiger partial charge in [0.05, 0.1) is 9.37 Å². The summed E-state index contributed by atoms with van der Waals surface area (Å²) in [4.78, 5) is 0.0847. The van der Waals surface area contributed by atoms with Crippen molar-refractivity contribution in [3.63, 3.8) is 0 Å². The maximum absolute atomic E-state index is 12.9. The Balaban J connectivity index is 2.17. The predicted octanol–water partition coefficient (Wildman–Crippen LogP) is 2.28. The van der Waals surface area contributed by atoms with E-state index >= 15 is 0 Å². The molecule has 0 amide bonds. The molecule has 0 radical (unpaired) electrons. The van der Waals surface area contributed by atoms with Crippen molar-refractivity contribution in [1.82, 2.24) is 4.72 Å². The third kappa shape index (κ3) is 2.81. The first kappa shape index (κ1) is 12.0. The lowest BCUT2D eigenvalue weighted by atomic mass is 10.3. The zero-order valence-corrected chi connectivity index (χ0v) is 10.8. The molecule has 0 aromatic heterocycles. The molecule has 1 aromatic rings. The molecule has 1 saturated carbocycles. The highest BCUT2D eigenvalue weighted by Gasteiger charge is 2.24. The molecule has 16 heavy (non-hydrogen) atoms. The largest absolute Gasteiger partial charge is 0.240 e. The van der Waals surface area contributed by atoms with Crippen LogP contribution in [0.25, 0.3) is 0 Å². The molecule has 1 fully saturated rings. The molecule has 0 bridgehead atoms. The number of sulfonamides is 1. The zero-order chi connectivity index (χ0) is 11.8. The third-order valence-corrected chi connectivity index (χ3v) is 4.49. The molecule has 0 saturated heterocycles. The van der Waals surface area contributed by atoms with E-state index in [0.29, 0.717) is 12.5 Å². The monoisotopic (exact) mass is 307 g/mol. The van der Waals surface area contributed by atoms with Crippen molar-refractivity contribution in [3.8, 4) is 0 Å². The molecule has 2 rings (SSSR count). The van der Waals surface area contributed by atoms with E-state index in [0.717, 1.165) is 18.9 Å². The molecule has 0 atom stereocenters. The van der Waals surface area contributed by atoms with Gasteiger partial charge in [-0.3, -0.25) is 0 Å². The molecule has 3 nitrogen and oxygen atoms in total. The van der Waals surface area contributed by atoms with Crippen molar-refractivity contribution >= 4 is 26.0 Å². The normalized spacial score (nSPS) is 16.4. The summed E-state index contributed by atoms with van der Waals surface area (Å²) in [7, 11) is -3.50. The van der Waals surface area contributed by atoms with Crippen molar-refractivity contribution in [3.05, 3.63) is 28.5 Å². The third-order valence-electron chi connectivity index (χ3n) is 2.46. The lowest BCUT2D eigenvalue weighted by Crippen LogP contribution is -2.25. The fraction of sp³-hybridized carbons (Fsp3) is 0.400. The fourth-order valence-corrected chi connectivity index (χ4v) is 2.95. The SMILES string of the molecule is O=S(=O)(NCC1CC1)c1ccc(F)c(Br)c1. The van der Waals surface area contributed by atoms with Crippen molar-refractivity contribution in [2.45, 2.75) is 17.7 Å². The minimum absolute atomic E-state index is 0.0847. The second kappa shape index (κ2) is 4.43. The van der Waals surface area contributed by atoms with Gasteiger partial charge in [-0.15, -0.1) is 0 Å². The molecule has 0 heterocycles. The molecule has 88 valence electrons. The van der Waals surface area contributed by atoms with Gasteiger partial charge >= 0.3 is 0 Å². The Morgan fingerprint density at radius 1 is 1.44 bits per heavy atom. The van der Waals surface area contributed by atoms with E-state index in [2.05, 4.69) is 20.7 Å². The Morgan fingerprint density at radius 3 is 2.69 bits per heavy atom. The lowest BCUT2D eigenvalue weighted by molar-refractivity contribution is 0.576. The summed E-state index contributed by atoms with van der Waals surface area (Å²) in [5.41, 5.74) is 0. The van der Waals surface area contributed by atoms with Crippen LogP contribution in [-0.4, -0.2) is 15.0 Å². The van der Waals surface area contributed by atoms with Crippen LogP contribution in [0.5, 0.6) is 0 Å². The molecule has 1 aliphatic carbocycles. The first-order chi connectivity index (χ1) is 7.49. The molecule has 0 aliphatic heterocycles. The molecule has 1 aliphatic rings. The summed E-state index contributed by atoms with van der Waals surface area (Å²) in [5, 5.41) is 0. The maximum atomic E-state index is 12.9. The lowest BCUT2D eigenvalue weighted by Gasteiger charge is -2.06. The number of nitrogens with one attached hydrogen (secondary N) is 1. The summed E-state index contributed by atoms with van der Waals surface area (Å²) in [6.45, 7) is 0.470. The molecule has 0 unspecified atom stereocenters. The average molecular weight is 308 g/mol. The quantitative estimate of drug-likeness (QED) is 0.927. The van der Waals surface area contributed by atoms with Gasteiger partial charge in [0.25, 0.3) is 0 Å². The summed E-state index contributed by atoms with van der Waals surface area (Å²) in [5.74, 6) is -0.000179. The van der Waals surface area contributed by atoms with E-state index in [1.165, 1.54) is 12.1 Å². The van der Waals surface area contributed by atoms with Gasteiger partial charge in [0, 0.05) is 6.54 Å². The van der Waals surface area contributed by atoms with Gasteiger partial charge in [-0.25, -0.2) is 17.5 Å². The van der Waals surface area contributed by atoms with Gasteiger partial charge in [-0.05, 0) is 52.9 Å². The first-order valence-electron chi connectivity index (χ1n) is 4.94. The van der Waals surface area contributed by atoms with E-state index in [4.69, 9.17) is 0 Å². The Labute approximate surface area is 102 Å². The Hall–Kier alpha value is -0.460. The van der Waals surface area contributed by atoms with Crippen LogP contribution in [-0.2, 0) is 10.0 Å². The van der Waals surface area contributed by atoms with Crippen LogP contribution in [0.4, 0.5) is 4.39 Å². The van der Waals surface area contributed by atoms with Gasteiger partial charge in [-0.2, -0.15) is 0 Å². The second-order valence-electron chi connectivity index (χ2n) is 3.87. The summed E-state index contributed by atoms with van der Waals surface area (Å²) in [6, 6.07) is 3.66. The van der Waals surface area contributed by atoms with E-state index in [-0.39, 0.29) is 9.37 Å². The van der Waals surface area contributed by atoms with Crippen LogP contribution in [0.1, 0.15) is 12.8 Å². The minimum atomic E-state index is -3.50.